The fourth-order valence-corrected chi connectivity index (χ4v) is 3.26. The van der Waals surface area contributed by atoms with Crippen LogP contribution in [0.5, 0.6) is 0 Å². The molecule has 0 radical (unpaired) electrons. The van der Waals surface area contributed by atoms with E-state index in [2.05, 4.69) is 0 Å². The van der Waals surface area contributed by atoms with Gasteiger partial charge >= 0.3 is 0 Å². The van der Waals surface area contributed by atoms with Gasteiger partial charge in [0.15, 0.2) is 0 Å². The number of rotatable bonds is 5. The zero-order chi connectivity index (χ0) is 14.6. The van der Waals surface area contributed by atoms with Crippen molar-refractivity contribution in [1.82, 2.24) is 0 Å². The van der Waals surface area contributed by atoms with Crippen LogP contribution in [-0.2, 0) is 19.9 Å². The van der Waals surface area contributed by atoms with E-state index in [9.17, 15) is 8.42 Å². The Morgan fingerprint density at radius 3 is 1.95 bits per heavy atom. The Labute approximate surface area is 120 Å². The predicted molar refractivity (Wildman–Crippen MR) is 78.8 cm³/mol. The van der Waals surface area contributed by atoms with Crippen LogP contribution in [-0.4, -0.2) is 8.42 Å². The van der Waals surface area contributed by atoms with Crippen molar-refractivity contribution < 1.29 is 12.6 Å². The summed E-state index contributed by atoms with van der Waals surface area (Å²) in [6, 6.07) is 17.6. The first-order valence-electron chi connectivity index (χ1n) is 6.54. The van der Waals surface area contributed by atoms with Gasteiger partial charge in [-0.1, -0.05) is 55.5 Å². The van der Waals surface area contributed by atoms with Crippen LogP contribution in [0, 0.1) is 0 Å². The van der Waals surface area contributed by atoms with Crippen LogP contribution in [0.1, 0.15) is 25.8 Å². The van der Waals surface area contributed by atoms with Crippen LogP contribution in [0.2, 0.25) is 0 Å². The number of hydrogen-bond donors (Lipinski definition) is 0. The number of hydrogen-bond acceptors (Lipinski definition) is 3. The van der Waals surface area contributed by atoms with Gasteiger partial charge in [-0.05, 0) is 31.0 Å². The lowest BCUT2D eigenvalue weighted by Gasteiger charge is -2.28. The third kappa shape index (κ3) is 3.08. The van der Waals surface area contributed by atoms with Gasteiger partial charge in [-0.2, -0.15) is 8.42 Å². The van der Waals surface area contributed by atoms with E-state index in [1.165, 1.54) is 12.1 Å². The molecule has 2 aromatic carbocycles. The Balaban J connectivity index is 2.36. The van der Waals surface area contributed by atoms with Gasteiger partial charge in [0.25, 0.3) is 10.1 Å². The Morgan fingerprint density at radius 2 is 1.45 bits per heavy atom. The molecular weight excluding hydrogens is 272 g/mol. The van der Waals surface area contributed by atoms with E-state index in [4.69, 9.17) is 4.18 Å². The minimum Gasteiger partial charge on any atom is -0.255 e. The van der Waals surface area contributed by atoms with E-state index < -0.39 is 15.7 Å². The smallest absolute Gasteiger partial charge is 0.255 e. The van der Waals surface area contributed by atoms with E-state index in [1.54, 1.807) is 25.1 Å². The van der Waals surface area contributed by atoms with Gasteiger partial charge in [0, 0.05) is 0 Å². The summed E-state index contributed by atoms with van der Waals surface area (Å²) in [5, 5.41) is 0. The molecule has 1 atom stereocenters. The number of benzene rings is 2. The summed E-state index contributed by atoms with van der Waals surface area (Å²) in [4.78, 5) is 0.176. The highest BCUT2D eigenvalue weighted by atomic mass is 32.2. The van der Waals surface area contributed by atoms with Gasteiger partial charge in [0.1, 0.15) is 5.60 Å². The van der Waals surface area contributed by atoms with Crippen LogP contribution < -0.4 is 0 Å². The highest BCUT2D eigenvalue weighted by Crippen LogP contribution is 2.32. The molecule has 0 saturated heterocycles. The van der Waals surface area contributed by atoms with Gasteiger partial charge in [-0.25, -0.2) is 0 Å². The molecule has 0 aliphatic rings. The summed E-state index contributed by atoms with van der Waals surface area (Å²) in [5.41, 5.74) is -0.0161. The third-order valence-corrected chi connectivity index (χ3v) is 4.82. The summed E-state index contributed by atoms with van der Waals surface area (Å²) in [7, 11) is -3.78. The van der Waals surface area contributed by atoms with Crippen LogP contribution in [0.4, 0.5) is 0 Å². The maximum absolute atomic E-state index is 12.4. The lowest BCUT2D eigenvalue weighted by Crippen LogP contribution is -2.28. The molecule has 20 heavy (non-hydrogen) atoms. The summed E-state index contributed by atoms with van der Waals surface area (Å²) < 4.78 is 30.2. The summed E-state index contributed by atoms with van der Waals surface area (Å²) in [6.07, 6.45) is 0.559. The van der Waals surface area contributed by atoms with Crippen molar-refractivity contribution in [3.05, 3.63) is 66.2 Å². The van der Waals surface area contributed by atoms with Crippen LogP contribution in [0.3, 0.4) is 0 Å². The first kappa shape index (κ1) is 14.8. The highest BCUT2D eigenvalue weighted by Gasteiger charge is 2.32. The van der Waals surface area contributed by atoms with E-state index in [0.29, 0.717) is 6.42 Å². The van der Waals surface area contributed by atoms with Crippen molar-refractivity contribution in [3.8, 4) is 0 Å². The van der Waals surface area contributed by atoms with Crippen LogP contribution >= 0.6 is 0 Å². The van der Waals surface area contributed by atoms with Crippen molar-refractivity contribution in [1.29, 1.82) is 0 Å². The van der Waals surface area contributed by atoms with E-state index in [1.807, 2.05) is 37.3 Å². The molecule has 0 aromatic heterocycles. The molecule has 0 bridgehead atoms. The molecule has 4 heteroatoms. The molecule has 1 unspecified atom stereocenters. The average molecular weight is 290 g/mol. The zero-order valence-electron chi connectivity index (χ0n) is 11.6. The minimum atomic E-state index is -3.78. The Morgan fingerprint density at radius 1 is 0.950 bits per heavy atom. The molecule has 0 aliphatic heterocycles. The van der Waals surface area contributed by atoms with Crippen molar-refractivity contribution in [2.45, 2.75) is 30.8 Å². The van der Waals surface area contributed by atoms with Gasteiger partial charge in [0.05, 0.1) is 4.90 Å². The summed E-state index contributed by atoms with van der Waals surface area (Å²) >= 11 is 0. The highest BCUT2D eigenvalue weighted by molar-refractivity contribution is 7.86. The normalized spacial score (nSPS) is 14.7. The molecule has 106 valence electrons. The Kier molecular flexibility index (Phi) is 4.26. The Hall–Kier alpha value is -1.65. The van der Waals surface area contributed by atoms with E-state index >= 15 is 0 Å². The van der Waals surface area contributed by atoms with Gasteiger partial charge in [-0.15, -0.1) is 0 Å². The second kappa shape index (κ2) is 5.77. The zero-order valence-corrected chi connectivity index (χ0v) is 12.4. The lowest BCUT2D eigenvalue weighted by atomic mass is 9.94. The van der Waals surface area contributed by atoms with Crippen molar-refractivity contribution in [3.63, 3.8) is 0 Å². The molecule has 2 aromatic rings. The largest absolute Gasteiger partial charge is 0.297 e. The minimum absolute atomic E-state index is 0.176. The Bertz CT molecular complexity index is 651. The summed E-state index contributed by atoms with van der Waals surface area (Å²) in [5.74, 6) is 0. The molecule has 0 amide bonds. The molecule has 0 spiro atoms. The van der Waals surface area contributed by atoms with Crippen molar-refractivity contribution in [2.24, 2.45) is 0 Å². The maximum atomic E-state index is 12.4. The molecule has 0 fully saturated rings. The first-order chi connectivity index (χ1) is 9.48. The van der Waals surface area contributed by atoms with Gasteiger partial charge in [-0.3, -0.25) is 4.18 Å². The molecular formula is C16H18O3S. The van der Waals surface area contributed by atoms with E-state index in [0.717, 1.165) is 5.56 Å². The molecule has 0 N–H and O–H groups in total. The standard InChI is InChI=1S/C16H18O3S/c1-3-16(2,14-10-6-4-7-11-14)19-20(17,18)15-12-8-5-9-13-15/h4-13H,3H2,1-2H3. The fraction of sp³-hybridized carbons (Fsp3) is 0.250. The average Bonchev–Trinajstić information content (AvgIpc) is 2.48. The third-order valence-electron chi connectivity index (χ3n) is 3.38. The predicted octanol–water partition coefficient (Wildman–Crippen LogP) is 3.72. The maximum Gasteiger partial charge on any atom is 0.297 e. The molecule has 2 rings (SSSR count). The van der Waals surface area contributed by atoms with E-state index in [-0.39, 0.29) is 4.90 Å². The van der Waals surface area contributed by atoms with Crippen molar-refractivity contribution in [2.75, 3.05) is 0 Å². The quantitative estimate of drug-likeness (QED) is 0.788. The molecule has 0 aliphatic carbocycles. The molecule has 0 heterocycles. The SMILES string of the molecule is CCC(C)(OS(=O)(=O)c1ccccc1)c1ccccc1. The topological polar surface area (TPSA) is 43.4 Å². The summed E-state index contributed by atoms with van der Waals surface area (Å²) in [6.45, 7) is 3.70. The monoisotopic (exact) mass is 290 g/mol. The molecule has 3 nitrogen and oxygen atoms in total. The lowest BCUT2D eigenvalue weighted by molar-refractivity contribution is 0.0909. The first-order valence-corrected chi connectivity index (χ1v) is 7.95. The molecule has 0 saturated carbocycles. The van der Waals surface area contributed by atoms with Gasteiger partial charge in [0.2, 0.25) is 0 Å². The van der Waals surface area contributed by atoms with Gasteiger partial charge < -0.3 is 0 Å². The second-order valence-corrected chi connectivity index (χ2v) is 6.35. The fourth-order valence-electron chi connectivity index (χ4n) is 1.98. The van der Waals surface area contributed by atoms with Crippen molar-refractivity contribution >= 4 is 10.1 Å². The second-order valence-electron chi connectivity index (χ2n) is 4.80. The van der Waals surface area contributed by atoms with Crippen LogP contribution in [0.15, 0.2) is 65.6 Å². The van der Waals surface area contributed by atoms with Crippen LogP contribution in [0.25, 0.3) is 0 Å².